The van der Waals surface area contributed by atoms with Crippen molar-refractivity contribution in [2.24, 2.45) is 0 Å². The summed E-state index contributed by atoms with van der Waals surface area (Å²) in [6, 6.07) is 5.08. The number of ether oxygens (including phenoxy) is 1. The largest absolute Gasteiger partial charge is 0.489 e. The molecule has 1 N–H and O–H groups in total. The Morgan fingerprint density at radius 2 is 2.12 bits per heavy atom. The second-order valence-electron chi connectivity index (χ2n) is 3.23. The lowest BCUT2D eigenvalue weighted by atomic mass is 10.1. The number of allylic oxidation sites excluding steroid dienone is 1. The lowest BCUT2D eigenvalue weighted by molar-refractivity contribution is 0.0692. The molecule has 0 amide bonds. The van der Waals surface area contributed by atoms with Crippen LogP contribution in [0.5, 0.6) is 5.75 Å². The Labute approximate surface area is 94.7 Å². The average molecular weight is 218 g/mol. The van der Waals surface area contributed by atoms with Crippen LogP contribution in [0.2, 0.25) is 0 Å². The van der Waals surface area contributed by atoms with Gasteiger partial charge in [0.25, 0.3) is 0 Å². The summed E-state index contributed by atoms with van der Waals surface area (Å²) in [7, 11) is 0. The van der Waals surface area contributed by atoms with Crippen LogP contribution < -0.4 is 4.74 Å². The van der Waals surface area contributed by atoms with Crippen LogP contribution in [-0.4, -0.2) is 17.7 Å². The average Bonchev–Trinajstić information content (AvgIpc) is 2.27. The Bertz CT molecular complexity index is 408. The molecule has 0 aromatic heterocycles. The van der Waals surface area contributed by atoms with Crippen LogP contribution in [0.1, 0.15) is 15.9 Å². The third-order valence-electron chi connectivity index (χ3n) is 2.01. The Balaban J connectivity index is 3.03. The van der Waals surface area contributed by atoms with Gasteiger partial charge in [0.15, 0.2) is 0 Å². The topological polar surface area (TPSA) is 46.5 Å². The summed E-state index contributed by atoms with van der Waals surface area (Å²) in [5, 5.41) is 9.03. The number of carboxylic acid groups (broad SMARTS) is 1. The molecule has 0 unspecified atom stereocenters. The van der Waals surface area contributed by atoms with E-state index in [1.807, 2.05) is 6.07 Å². The molecule has 1 aromatic rings. The zero-order chi connectivity index (χ0) is 12.0. The number of carboxylic acids is 1. The van der Waals surface area contributed by atoms with Gasteiger partial charge in [-0.2, -0.15) is 0 Å². The predicted molar refractivity (Wildman–Crippen MR) is 63.0 cm³/mol. The van der Waals surface area contributed by atoms with E-state index in [2.05, 4.69) is 13.2 Å². The Hall–Kier alpha value is -2.03. The highest BCUT2D eigenvalue weighted by atomic mass is 16.5. The van der Waals surface area contributed by atoms with Crippen molar-refractivity contribution in [1.29, 1.82) is 0 Å². The van der Waals surface area contributed by atoms with Crippen molar-refractivity contribution < 1.29 is 14.6 Å². The van der Waals surface area contributed by atoms with E-state index in [-0.39, 0.29) is 5.56 Å². The standard InChI is InChI=1S/C13H14O3/c1-3-5-10-6-7-12(16-8-4-2)11(9-10)13(14)15/h3-4,6-7,9H,1-2,5,8H2,(H,14,15). The summed E-state index contributed by atoms with van der Waals surface area (Å²) < 4.78 is 5.26. The van der Waals surface area contributed by atoms with Crippen molar-refractivity contribution in [3.05, 3.63) is 54.6 Å². The smallest absolute Gasteiger partial charge is 0.339 e. The molecule has 3 nitrogen and oxygen atoms in total. The molecule has 0 radical (unpaired) electrons. The quantitative estimate of drug-likeness (QED) is 0.747. The van der Waals surface area contributed by atoms with Crippen molar-refractivity contribution in [1.82, 2.24) is 0 Å². The van der Waals surface area contributed by atoms with Gasteiger partial charge in [-0.25, -0.2) is 4.79 Å². The molecular weight excluding hydrogens is 204 g/mol. The molecule has 1 rings (SSSR count). The summed E-state index contributed by atoms with van der Waals surface area (Å²) in [6.07, 6.45) is 3.94. The number of hydrogen-bond acceptors (Lipinski definition) is 2. The molecule has 0 aliphatic heterocycles. The van der Waals surface area contributed by atoms with Crippen molar-refractivity contribution in [2.75, 3.05) is 6.61 Å². The van der Waals surface area contributed by atoms with Gasteiger partial charge in [0, 0.05) is 0 Å². The van der Waals surface area contributed by atoms with E-state index in [1.165, 1.54) is 0 Å². The maximum Gasteiger partial charge on any atom is 0.339 e. The molecule has 0 fully saturated rings. The molecule has 0 atom stereocenters. The number of hydrogen-bond donors (Lipinski definition) is 1. The number of aromatic carboxylic acids is 1. The van der Waals surface area contributed by atoms with Crippen molar-refractivity contribution in [3.63, 3.8) is 0 Å². The number of rotatable bonds is 6. The zero-order valence-corrected chi connectivity index (χ0v) is 8.98. The van der Waals surface area contributed by atoms with Gasteiger partial charge in [0.1, 0.15) is 17.9 Å². The van der Waals surface area contributed by atoms with Gasteiger partial charge in [0.2, 0.25) is 0 Å². The van der Waals surface area contributed by atoms with Crippen LogP contribution in [0, 0.1) is 0 Å². The van der Waals surface area contributed by atoms with E-state index >= 15 is 0 Å². The fourth-order valence-corrected chi connectivity index (χ4v) is 1.31. The van der Waals surface area contributed by atoms with Gasteiger partial charge in [-0.3, -0.25) is 0 Å². The van der Waals surface area contributed by atoms with Crippen LogP contribution in [0.15, 0.2) is 43.5 Å². The van der Waals surface area contributed by atoms with Gasteiger partial charge in [0.05, 0.1) is 0 Å². The fourth-order valence-electron chi connectivity index (χ4n) is 1.31. The molecule has 0 aliphatic carbocycles. The molecule has 0 heterocycles. The SMILES string of the molecule is C=CCOc1ccc(CC=C)cc1C(=O)O. The lowest BCUT2D eigenvalue weighted by Crippen LogP contribution is -2.04. The molecule has 0 saturated heterocycles. The highest BCUT2D eigenvalue weighted by Crippen LogP contribution is 2.20. The van der Waals surface area contributed by atoms with Crippen LogP contribution in [-0.2, 0) is 6.42 Å². The van der Waals surface area contributed by atoms with Gasteiger partial charge < -0.3 is 9.84 Å². The summed E-state index contributed by atoms with van der Waals surface area (Å²) >= 11 is 0. The third-order valence-corrected chi connectivity index (χ3v) is 2.01. The second kappa shape index (κ2) is 5.75. The molecule has 0 bridgehead atoms. The Kier molecular flexibility index (Phi) is 4.33. The molecule has 0 saturated carbocycles. The zero-order valence-electron chi connectivity index (χ0n) is 8.98. The van der Waals surface area contributed by atoms with Crippen LogP contribution in [0.25, 0.3) is 0 Å². The van der Waals surface area contributed by atoms with E-state index < -0.39 is 5.97 Å². The van der Waals surface area contributed by atoms with Crippen LogP contribution >= 0.6 is 0 Å². The predicted octanol–water partition coefficient (Wildman–Crippen LogP) is 2.68. The van der Waals surface area contributed by atoms with E-state index in [4.69, 9.17) is 9.84 Å². The van der Waals surface area contributed by atoms with Gasteiger partial charge in [-0.15, -0.1) is 6.58 Å². The van der Waals surface area contributed by atoms with Crippen LogP contribution in [0.3, 0.4) is 0 Å². The van der Waals surface area contributed by atoms with E-state index in [9.17, 15) is 4.79 Å². The van der Waals surface area contributed by atoms with Gasteiger partial charge >= 0.3 is 5.97 Å². The van der Waals surface area contributed by atoms with Crippen molar-refractivity contribution in [2.45, 2.75) is 6.42 Å². The summed E-state index contributed by atoms with van der Waals surface area (Å²) in [6.45, 7) is 7.41. The van der Waals surface area contributed by atoms with E-state index in [1.54, 1.807) is 24.3 Å². The number of carbonyl (C=O) groups is 1. The van der Waals surface area contributed by atoms with Crippen molar-refractivity contribution >= 4 is 5.97 Å². The molecule has 16 heavy (non-hydrogen) atoms. The maximum atomic E-state index is 11.0. The first-order valence-corrected chi connectivity index (χ1v) is 4.90. The van der Waals surface area contributed by atoms with E-state index in [0.717, 1.165) is 5.56 Å². The third kappa shape index (κ3) is 2.98. The van der Waals surface area contributed by atoms with Gasteiger partial charge in [-0.05, 0) is 24.1 Å². The summed E-state index contributed by atoms with van der Waals surface area (Å²) in [4.78, 5) is 11.0. The first-order valence-electron chi connectivity index (χ1n) is 4.90. The Morgan fingerprint density at radius 3 is 2.69 bits per heavy atom. The molecule has 84 valence electrons. The monoisotopic (exact) mass is 218 g/mol. The van der Waals surface area contributed by atoms with E-state index in [0.29, 0.717) is 18.8 Å². The highest BCUT2D eigenvalue weighted by molar-refractivity contribution is 5.91. The first-order chi connectivity index (χ1) is 7.69. The Morgan fingerprint density at radius 1 is 1.38 bits per heavy atom. The maximum absolute atomic E-state index is 11.0. The van der Waals surface area contributed by atoms with Crippen molar-refractivity contribution in [3.8, 4) is 5.75 Å². The molecule has 0 aliphatic rings. The normalized spacial score (nSPS) is 9.50. The van der Waals surface area contributed by atoms with Crippen LogP contribution in [0.4, 0.5) is 0 Å². The minimum atomic E-state index is -0.995. The second-order valence-corrected chi connectivity index (χ2v) is 3.23. The summed E-state index contributed by atoms with van der Waals surface area (Å²) in [5.74, 6) is -0.634. The molecule has 1 aromatic carbocycles. The lowest BCUT2D eigenvalue weighted by Gasteiger charge is -2.08. The summed E-state index contributed by atoms with van der Waals surface area (Å²) in [5.41, 5.74) is 1.07. The minimum absolute atomic E-state index is 0.168. The number of benzene rings is 1. The molecule has 0 spiro atoms. The minimum Gasteiger partial charge on any atom is -0.489 e. The molecule has 3 heteroatoms. The first kappa shape index (κ1) is 12.0. The fraction of sp³-hybridized carbons (Fsp3) is 0.154. The molecular formula is C13H14O3. The van der Waals surface area contributed by atoms with Gasteiger partial charge in [-0.1, -0.05) is 24.8 Å². The highest BCUT2D eigenvalue weighted by Gasteiger charge is 2.11.